The van der Waals surface area contributed by atoms with E-state index in [2.05, 4.69) is 15.5 Å². The zero-order valence-corrected chi connectivity index (χ0v) is 14.9. The third-order valence-electron chi connectivity index (χ3n) is 4.00. The number of nitrogens with zero attached hydrogens (tertiary/aromatic N) is 2. The van der Waals surface area contributed by atoms with Gasteiger partial charge in [0.2, 0.25) is 17.7 Å². The predicted octanol–water partition coefficient (Wildman–Crippen LogP) is 3.18. The Morgan fingerprint density at radius 2 is 1.96 bits per heavy atom. The summed E-state index contributed by atoms with van der Waals surface area (Å²) in [5.74, 6) is 1.13. The number of carbonyl (C=O) groups is 1. The molecule has 1 amide bonds. The standard InChI is InChI=1S/C20H20FN3O3/c1-26-17-4-2-3-15(13-17)20-24-23-19(27-20)10-9-18(25)22-12-11-14-5-7-16(21)8-6-14/h2-8,13H,9-12H2,1H3,(H,22,25). The summed E-state index contributed by atoms with van der Waals surface area (Å²) in [6, 6.07) is 13.6. The van der Waals surface area contributed by atoms with Crippen molar-refractivity contribution in [2.45, 2.75) is 19.3 Å². The molecule has 3 rings (SSSR count). The molecule has 0 saturated carbocycles. The first kappa shape index (κ1) is 18.6. The lowest BCUT2D eigenvalue weighted by Gasteiger charge is -2.04. The van der Waals surface area contributed by atoms with Crippen LogP contribution in [0.2, 0.25) is 0 Å². The number of halogens is 1. The van der Waals surface area contributed by atoms with Gasteiger partial charge in [-0.1, -0.05) is 18.2 Å². The average Bonchev–Trinajstić information content (AvgIpc) is 3.17. The Bertz CT molecular complexity index is 893. The molecule has 0 aliphatic heterocycles. The van der Waals surface area contributed by atoms with Gasteiger partial charge in [0, 0.05) is 24.9 Å². The number of hydrogen-bond donors (Lipinski definition) is 1. The highest BCUT2D eigenvalue weighted by molar-refractivity contribution is 5.76. The molecule has 6 nitrogen and oxygen atoms in total. The molecule has 0 spiro atoms. The molecule has 1 N–H and O–H groups in total. The fourth-order valence-corrected chi connectivity index (χ4v) is 2.53. The second-order valence-corrected chi connectivity index (χ2v) is 5.96. The van der Waals surface area contributed by atoms with Gasteiger partial charge in [0.25, 0.3) is 0 Å². The van der Waals surface area contributed by atoms with Crippen LogP contribution in [0.3, 0.4) is 0 Å². The summed E-state index contributed by atoms with van der Waals surface area (Å²) in [6.07, 6.45) is 1.26. The number of carbonyl (C=O) groups excluding carboxylic acids is 1. The van der Waals surface area contributed by atoms with Crippen LogP contribution in [0.25, 0.3) is 11.5 Å². The van der Waals surface area contributed by atoms with Gasteiger partial charge in [-0.15, -0.1) is 10.2 Å². The molecule has 7 heteroatoms. The largest absolute Gasteiger partial charge is 0.497 e. The third-order valence-corrected chi connectivity index (χ3v) is 4.00. The number of hydrogen-bond acceptors (Lipinski definition) is 5. The first-order chi connectivity index (χ1) is 13.1. The normalized spacial score (nSPS) is 10.6. The highest BCUT2D eigenvalue weighted by Gasteiger charge is 2.11. The van der Waals surface area contributed by atoms with Gasteiger partial charge in [-0.05, 0) is 42.3 Å². The van der Waals surface area contributed by atoms with Crippen molar-refractivity contribution >= 4 is 5.91 Å². The van der Waals surface area contributed by atoms with Gasteiger partial charge in [0.1, 0.15) is 11.6 Å². The SMILES string of the molecule is COc1cccc(-c2nnc(CCC(=O)NCCc3ccc(F)cc3)o2)c1. The number of methoxy groups -OCH3 is 1. The summed E-state index contributed by atoms with van der Waals surface area (Å²) in [5, 5.41) is 10.8. The van der Waals surface area contributed by atoms with Gasteiger partial charge in [-0.25, -0.2) is 4.39 Å². The zero-order valence-electron chi connectivity index (χ0n) is 14.9. The van der Waals surface area contributed by atoms with E-state index in [1.807, 2.05) is 18.2 Å². The summed E-state index contributed by atoms with van der Waals surface area (Å²) < 4.78 is 23.6. The van der Waals surface area contributed by atoms with Crippen molar-refractivity contribution in [3.63, 3.8) is 0 Å². The van der Waals surface area contributed by atoms with E-state index in [1.54, 1.807) is 25.3 Å². The number of aryl methyl sites for hydroxylation is 1. The minimum absolute atomic E-state index is 0.0988. The minimum Gasteiger partial charge on any atom is -0.497 e. The summed E-state index contributed by atoms with van der Waals surface area (Å²) in [4.78, 5) is 11.9. The second kappa shape index (κ2) is 8.93. The Morgan fingerprint density at radius 1 is 1.15 bits per heavy atom. The predicted molar refractivity (Wildman–Crippen MR) is 97.7 cm³/mol. The van der Waals surface area contributed by atoms with Gasteiger partial charge in [-0.3, -0.25) is 4.79 Å². The van der Waals surface area contributed by atoms with E-state index in [1.165, 1.54) is 12.1 Å². The van der Waals surface area contributed by atoms with E-state index in [4.69, 9.17) is 9.15 Å². The Labute approximate surface area is 156 Å². The van der Waals surface area contributed by atoms with Gasteiger partial charge in [-0.2, -0.15) is 0 Å². The maximum atomic E-state index is 12.9. The molecule has 0 aliphatic carbocycles. The maximum Gasteiger partial charge on any atom is 0.247 e. The molecule has 27 heavy (non-hydrogen) atoms. The zero-order chi connectivity index (χ0) is 19.1. The van der Waals surface area contributed by atoms with Crippen LogP contribution in [-0.2, 0) is 17.6 Å². The van der Waals surface area contributed by atoms with Crippen LogP contribution in [-0.4, -0.2) is 29.8 Å². The molecule has 0 saturated heterocycles. The lowest BCUT2D eigenvalue weighted by atomic mass is 10.1. The van der Waals surface area contributed by atoms with Gasteiger partial charge < -0.3 is 14.5 Å². The van der Waals surface area contributed by atoms with Crippen molar-refractivity contribution in [3.8, 4) is 17.2 Å². The Kier molecular flexibility index (Phi) is 6.14. The fourth-order valence-electron chi connectivity index (χ4n) is 2.53. The van der Waals surface area contributed by atoms with Crippen LogP contribution in [0, 0.1) is 5.82 Å². The lowest BCUT2D eigenvalue weighted by molar-refractivity contribution is -0.121. The molecular formula is C20H20FN3O3. The van der Waals surface area contributed by atoms with E-state index in [-0.39, 0.29) is 18.1 Å². The van der Waals surface area contributed by atoms with Gasteiger partial charge in [0.15, 0.2) is 0 Å². The van der Waals surface area contributed by atoms with Gasteiger partial charge >= 0.3 is 0 Å². The molecule has 0 fully saturated rings. The van der Waals surface area contributed by atoms with Crippen molar-refractivity contribution in [3.05, 3.63) is 65.8 Å². The van der Waals surface area contributed by atoms with E-state index < -0.39 is 0 Å². The van der Waals surface area contributed by atoms with Crippen LogP contribution in [0.4, 0.5) is 4.39 Å². The first-order valence-electron chi connectivity index (χ1n) is 8.62. The topological polar surface area (TPSA) is 77.2 Å². The molecular weight excluding hydrogens is 349 g/mol. The van der Waals surface area contributed by atoms with E-state index >= 15 is 0 Å². The quantitative estimate of drug-likeness (QED) is 0.660. The Morgan fingerprint density at radius 3 is 2.74 bits per heavy atom. The fraction of sp³-hybridized carbons (Fsp3) is 0.250. The van der Waals surface area contributed by atoms with Crippen molar-refractivity contribution in [2.75, 3.05) is 13.7 Å². The van der Waals surface area contributed by atoms with E-state index in [0.717, 1.165) is 11.1 Å². The molecule has 1 aromatic heterocycles. The maximum absolute atomic E-state index is 12.9. The van der Waals surface area contributed by atoms with E-state index in [0.29, 0.717) is 36.9 Å². The molecule has 0 radical (unpaired) electrons. The summed E-state index contributed by atoms with van der Waals surface area (Å²) >= 11 is 0. The highest BCUT2D eigenvalue weighted by atomic mass is 19.1. The number of ether oxygens (including phenoxy) is 1. The van der Waals surface area contributed by atoms with Crippen LogP contribution >= 0.6 is 0 Å². The van der Waals surface area contributed by atoms with Gasteiger partial charge in [0.05, 0.1) is 7.11 Å². The molecule has 0 bridgehead atoms. The number of nitrogens with one attached hydrogen (secondary N) is 1. The van der Waals surface area contributed by atoms with Crippen LogP contribution in [0.1, 0.15) is 17.9 Å². The summed E-state index contributed by atoms with van der Waals surface area (Å²) in [7, 11) is 1.59. The minimum atomic E-state index is -0.268. The monoisotopic (exact) mass is 369 g/mol. The lowest BCUT2D eigenvalue weighted by Crippen LogP contribution is -2.25. The molecule has 3 aromatic rings. The summed E-state index contributed by atoms with van der Waals surface area (Å²) in [6.45, 7) is 0.489. The van der Waals surface area contributed by atoms with E-state index in [9.17, 15) is 9.18 Å². The molecule has 0 atom stereocenters. The Hall–Kier alpha value is -3.22. The van der Waals surface area contributed by atoms with Crippen molar-refractivity contribution < 1.29 is 18.3 Å². The first-order valence-corrected chi connectivity index (χ1v) is 8.62. The van der Waals surface area contributed by atoms with Crippen LogP contribution < -0.4 is 10.1 Å². The molecule has 1 heterocycles. The Balaban J connectivity index is 1.45. The number of amides is 1. The molecule has 2 aromatic carbocycles. The summed E-state index contributed by atoms with van der Waals surface area (Å²) in [5.41, 5.74) is 1.73. The highest BCUT2D eigenvalue weighted by Crippen LogP contribution is 2.22. The van der Waals surface area contributed by atoms with Crippen molar-refractivity contribution in [1.82, 2.24) is 15.5 Å². The van der Waals surface area contributed by atoms with Crippen LogP contribution in [0.15, 0.2) is 52.9 Å². The number of rotatable bonds is 8. The average molecular weight is 369 g/mol. The molecule has 0 aliphatic rings. The second-order valence-electron chi connectivity index (χ2n) is 5.96. The van der Waals surface area contributed by atoms with Crippen LogP contribution in [0.5, 0.6) is 5.75 Å². The molecule has 140 valence electrons. The third kappa shape index (κ3) is 5.37. The smallest absolute Gasteiger partial charge is 0.247 e. The number of aromatic nitrogens is 2. The molecule has 0 unspecified atom stereocenters. The van der Waals surface area contributed by atoms with Crippen molar-refractivity contribution in [1.29, 1.82) is 0 Å². The van der Waals surface area contributed by atoms with Crippen molar-refractivity contribution in [2.24, 2.45) is 0 Å². The number of benzene rings is 2.